The third kappa shape index (κ3) is 5.93. The van der Waals surface area contributed by atoms with Gasteiger partial charge in [-0.05, 0) is 44.2 Å². The minimum absolute atomic E-state index is 0.0607. The van der Waals surface area contributed by atoms with Crippen molar-refractivity contribution in [1.82, 2.24) is 9.29 Å². The Labute approximate surface area is 208 Å². The second-order valence-electron chi connectivity index (χ2n) is 8.36. The third-order valence-corrected chi connectivity index (χ3v) is 7.93. The molecule has 2 amide bonds. The fourth-order valence-electron chi connectivity index (χ4n) is 3.83. The number of nitrogens with one attached hydrogen (secondary N) is 2. The molecule has 2 heterocycles. The van der Waals surface area contributed by atoms with Crippen molar-refractivity contribution in [3.05, 3.63) is 59.5 Å². The van der Waals surface area contributed by atoms with Crippen LogP contribution in [-0.2, 0) is 19.6 Å². The Morgan fingerprint density at radius 2 is 1.74 bits per heavy atom. The van der Waals surface area contributed by atoms with E-state index in [0.717, 1.165) is 5.56 Å². The zero-order valence-electron chi connectivity index (χ0n) is 19.5. The van der Waals surface area contributed by atoms with E-state index in [1.807, 2.05) is 31.4 Å². The Morgan fingerprint density at radius 1 is 1.06 bits per heavy atom. The number of aromatic nitrogens is 1. The van der Waals surface area contributed by atoms with Crippen molar-refractivity contribution in [2.45, 2.75) is 37.9 Å². The molecule has 4 rings (SSSR count). The molecule has 3 aromatic rings. The second kappa shape index (κ2) is 10.2. The average Bonchev–Trinajstić information content (AvgIpc) is 3.27. The van der Waals surface area contributed by atoms with E-state index in [1.54, 1.807) is 24.3 Å². The van der Waals surface area contributed by atoms with E-state index in [9.17, 15) is 18.0 Å². The van der Waals surface area contributed by atoms with E-state index in [-0.39, 0.29) is 41.7 Å². The highest BCUT2D eigenvalue weighted by Gasteiger charge is 2.32. The van der Waals surface area contributed by atoms with Crippen LogP contribution in [0.3, 0.4) is 0 Å². The van der Waals surface area contributed by atoms with Crippen LogP contribution in [0.4, 0.5) is 10.8 Å². The summed E-state index contributed by atoms with van der Waals surface area (Å²) in [5, 5.41) is 7.65. The highest BCUT2D eigenvalue weighted by Crippen LogP contribution is 2.27. The molecule has 1 aliphatic heterocycles. The number of carbonyl (C=O) groups excluding carboxylic acids is 2. The average molecular weight is 515 g/mol. The van der Waals surface area contributed by atoms with Gasteiger partial charge in [-0.15, -0.1) is 11.3 Å². The van der Waals surface area contributed by atoms with Gasteiger partial charge in [0.2, 0.25) is 15.9 Å². The van der Waals surface area contributed by atoms with Gasteiger partial charge in [0.05, 0.1) is 22.8 Å². The van der Waals surface area contributed by atoms with Gasteiger partial charge in [0.25, 0.3) is 5.91 Å². The summed E-state index contributed by atoms with van der Waals surface area (Å²) in [7, 11) is -3.77. The van der Waals surface area contributed by atoms with Gasteiger partial charge in [0.1, 0.15) is 0 Å². The lowest BCUT2D eigenvalue weighted by atomic mass is 10.1. The maximum atomic E-state index is 13.2. The van der Waals surface area contributed by atoms with Gasteiger partial charge in [-0.3, -0.25) is 14.9 Å². The fraction of sp³-hybridized carbons (Fsp3) is 0.292. The van der Waals surface area contributed by atoms with Crippen LogP contribution in [0.1, 0.15) is 31.1 Å². The quantitative estimate of drug-likeness (QED) is 0.516. The lowest BCUT2D eigenvalue weighted by Gasteiger charge is -2.34. The number of amides is 2. The smallest absolute Gasteiger partial charge is 0.257 e. The molecule has 0 bridgehead atoms. The van der Waals surface area contributed by atoms with Crippen LogP contribution in [0.5, 0.6) is 0 Å². The Morgan fingerprint density at radius 3 is 2.40 bits per heavy atom. The number of nitrogens with zero attached hydrogens (tertiary/aromatic N) is 2. The topological polar surface area (TPSA) is 118 Å². The number of carbonyl (C=O) groups is 2. The van der Waals surface area contributed by atoms with Crippen LogP contribution >= 0.6 is 11.3 Å². The summed E-state index contributed by atoms with van der Waals surface area (Å²) in [6.45, 7) is 5.63. The zero-order valence-corrected chi connectivity index (χ0v) is 21.2. The van der Waals surface area contributed by atoms with Crippen LogP contribution < -0.4 is 10.6 Å². The number of thiazole rings is 1. The van der Waals surface area contributed by atoms with Crippen LogP contribution in [0.15, 0.2) is 58.8 Å². The lowest BCUT2D eigenvalue weighted by molar-refractivity contribution is -0.114. The molecule has 1 aliphatic rings. The fourth-order valence-corrected chi connectivity index (χ4v) is 6.19. The van der Waals surface area contributed by atoms with Gasteiger partial charge < -0.3 is 10.1 Å². The first-order valence-corrected chi connectivity index (χ1v) is 13.3. The molecule has 184 valence electrons. The molecule has 9 nitrogen and oxygen atoms in total. The first-order chi connectivity index (χ1) is 16.6. The highest BCUT2D eigenvalue weighted by molar-refractivity contribution is 7.89. The van der Waals surface area contributed by atoms with Gasteiger partial charge >= 0.3 is 0 Å². The lowest BCUT2D eigenvalue weighted by Crippen LogP contribution is -2.48. The minimum Gasteiger partial charge on any atom is -0.373 e. The van der Waals surface area contributed by atoms with Crippen LogP contribution in [0.25, 0.3) is 11.3 Å². The number of hydrogen-bond donors (Lipinski definition) is 2. The molecular weight excluding hydrogens is 488 g/mol. The van der Waals surface area contributed by atoms with Crippen molar-refractivity contribution in [1.29, 1.82) is 0 Å². The van der Waals surface area contributed by atoms with Crippen molar-refractivity contribution in [3.63, 3.8) is 0 Å². The highest BCUT2D eigenvalue weighted by atomic mass is 32.2. The number of ether oxygens (including phenoxy) is 1. The molecular formula is C24H26N4O5S2. The number of hydrogen-bond acceptors (Lipinski definition) is 7. The molecule has 2 unspecified atom stereocenters. The first-order valence-electron chi connectivity index (χ1n) is 11.0. The van der Waals surface area contributed by atoms with Gasteiger partial charge in [-0.25, -0.2) is 13.4 Å². The van der Waals surface area contributed by atoms with Crippen molar-refractivity contribution in [2.24, 2.45) is 0 Å². The number of morpholine rings is 1. The van der Waals surface area contributed by atoms with Crippen molar-refractivity contribution in [3.8, 4) is 11.3 Å². The van der Waals surface area contributed by atoms with Gasteiger partial charge in [-0.1, -0.05) is 18.2 Å². The molecule has 1 saturated heterocycles. The summed E-state index contributed by atoms with van der Waals surface area (Å²) < 4.78 is 33.4. The van der Waals surface area contributed by atoms with Gasteiger partial charge in [0.15, 0.2) is 5.13 Å². The van der Waals surface area contributed by atoms with E-state index in [0.29, 0.717) is 16.5 Å². The SMILES string of the molecule is CC(=O)Nc1ccc(-c2csc(NC(=O)c3cccc(S(=O)(=O)N4CC(C)OC(C)C4)c3)n2)cc1. The number of benzene rings is 2. The molecule has 2 atom stereocenters. The maximum Gasteiger partial charge on any atom is 0.257 e. The largest absolute Gasteiger partial charge is 0.373 e. The summed E-state index contributed by atoms with van der Waals surface area (Å²) in [6.07, 6.45) is -0.415. The van der Waals surface area contributed by atoms with Crippen molar-refractivity contribution in [2.75, 3.05) is 23.7 Å². The molecule has 0 saturated carbocycles. The van der Waals surface area contributed by atoms with E-state index in [2.05, 4.69) is 15.6 Å². The van der Waals surface area contributed by atoms with E-state index >= 15 is 0 Å². The van der Waals surface area contributed by atoms with E-state index in [1.165, 1.54) is 34.7 Å². The van der Waals surface area contributed by atoms with Crippen molar-refractivity contribution < 1.29 is 22.7 Å². The number of anilines is 2. The predicted octanol–water partition coefficient (Wildman–Crippen LogP) is 3.82. The maximum absolute atomic E-state index is 13.2. The predicted molar refractivity (Wildman–Crippen MR) is 135 cm³/mol. The van der Waals surface area contributed by atoms with E-state index < -0.39 is 15.9 Å². The van der Waals surface area contributed by atoms with Gasteiger partial charge in [0, 0.05) is 42.2 Å². The Hall–Kier alpha value is -3.12. The molecule has 0 spiro atoms. The summed E-state index contributed by atoms with van der Waals surface area (Å²) >= 11 is 1.26. The molecule has 2 aromatic carbocycles. The molecule has 1 aromatic heterocycles. The van der Waals surface area contributed by atoms with Gasteiger partial charge in [-0.2, -0.15) is 4.31 Å². The molecule has 1 fully saturated rings. The van der Waals surface area contributed by atoms with Crippen LogP contribution in [-0.4, -0.2) is 54.8 Å². The normalized spacial score (nSPS) is 18.7. The third-order valence-electron chi connectivity index (χ3n) is 5.35. The summed E-state index contributed by atoms with van der Waals surface area (Å²) in [5.74, 6) is -0.602. The molecule has 11 heteroatoms. The Balaban J connectivity index is 1.47. The number of sulfonamides is 1. The van der Waals surface area contributed by atoms with Crippen LogP contribution in [0.2, 0.25) is 0 Å². The summed E-state index contributed by atoms with van der Waals surface area (Å²) in [5.41, 5.74) is 2.40. The van der Waals surface area contributed by atoms with Crippen molar-refractivity contribution >= 4 is 44.0 Å². The zero-order chi connectivity index (χ0) is 25.2. The first kappa shape index (κ1) is 25.0. The van der Waals surface area contributed by atoms with E-state index in [4.69, 9.17) is 4.74 Å². The molecule has 0 radical (unpaired) electrons. The molecule has 0 aliphatic carbocycles. The Kier molecular flexibility index (Phi) is 7.31. The number of rotatable bonds is 6. The summed E-state index contributed by atoms with van der Waals surface area (Å²) in [6, 6.07) is 13.2. The monoisotopic (exact) mass is 514 g/mol. The molecule has 35 heavy (non-hydrogen) atoms. The Bertz CT molecular complexity index is 1330. The summed E-state index contributed by atoms with van der Waals surface area (Å²) in [4.78, 5) is 28.5. The standard InChI is InChI=1S/C24H26N4O5S2/c1-15-12-28(13-16(2)33-15)35(31,32)21-6-4-5-19(11-21)23(30)27-24-26-22(14-34-24)18-7-9-20(10-8-18)25-17(3)29/h4-11,14-16H,12-13H2,1-3H3,(H,25,29)(H,26,27,30). The second-order valence-corrected chi connectivity index (χ2v) is 11.2. The minimum atomic E-state index is -3.77. The van der Waals surface area contributed by atoms with Crippen LogP contribution in [0, 0.1) is 0 Å². The molecule has 2 N–H and O–H groups in total.